The first-order valence-corrected chi connectivity index (χ1v) is 6.88. The molecule has 0 bridgehead atoms. The minimum Gasteiger partial charge on any atom is -0.345 e. The fourth-order valence-corrected chi connectivity index (χ4v) is 2.31. The topological polar surface area (TPSA) is 66.1 Å². The highest BCUT2D eigenvalue weighted by atomic mass is 35.5. The lowest BCUT2D eigenvalue weighted by Crippen LogP contribution is -2.29. The molecule has 1 aromatic carbocycles. The lowest BCUT2D eigenvalue weighted by atomic mass is 10.1. The van der Waals surface area contributed by atoms with Gasteiger partial charge in [0.05, 0.1) is 0 Å². The molecular formula is C14H13Cl2N3O2. The number of aromatic nitrogens is 2. The van der Waals surface area contributed by atoms with Gasteiger partial charge in [-0.15, -0.1) is 0 Å². The Morgan fingerprint density at radius 3 is 2.43 bits per heavy atom. The maximum Gasteiger partial charge on any atom is 0.263 e. The predicted molar refractivity (Wildman–Crippen MR) is 82.1 cm³/mol. The zero-order valence-electron chi connectivity index (χ0n) is 11.5. The number of hydrogen-bond donors (Lipinski definition) is 1. The summed E-state index contributed by atoms with van der Waals surface area (Å²) >= 11 is 12.2. The molecule has 5 nitrogen and oxygen atoms in total. The molecule has 0 aliphatic carbocycles. The third kappa shape index (κ3) is 3.43. The molecule has 0 spiro atoms. The molecule has 2 aromatic rings. The van der Waals surface area contributed by atoms with Gasteiger partial charge in [0.1, 0.15) is 11.4 Å². The first kappa shape index (κ1) is 15.5. The van der Waals surface area contributed by atoms with Crippen molar-refractivity contribution in [2.45, 2.75) is 6.42 Å². The molecule has 2 rings (SSSR count). The van der Waals surface area contributed by atoms with Gasteiger partial charge in [0.2, 0.25) is 0 Å². The largest absolute Gasteiger partial charge is 0.345 e. The number of amides is 1. The Labute approximate surface area is 131 Å². The van der Waals surface area contributed by atoms with Gasteiger partial charge in [-0.3, -0.25) is 9.59 Å². The molecule has 0 saturated heterocycles. The van der Waals surface area contributed by atoms with Crippen molar-refractivity contribution in [2.75, 3.05) is 14.1 Å². The van der Waals surface area contributed by atoms with E-state index in [4.69, 9.17) is 23.2 Å². The first-order chi connectivity index (χ1) is 9.90. The number of carbonyl (C=O) groups excluding carboxylic acids is 1. The second-order valence-electron chi connectivity index (χ2n) is 4.65. The van der Waals surface area contributed by atoms with Crippen molar-refractivity contribution < 1.29 is 4.79 Å². The third-order valence-corrected chi connectivity index (χ3v) is 3.60. The molecule has 1 aromatic heterocycles. The van der Waals surface area contributed by atoms with E-state index in [1.165, 1.54) is 11.1 Å². The Morgan fingerprint density at radius 2 is 1.90 bits per heavy atom. The van der Waals surface area contributed by atoms with Gasteiger partial charge in [-0.25, -0.2) is 4.98 Å². The maximum atomic E-state index is 11.9. The third-order valence-electron chi connectivity index (χ3n) is 2.89. The van der Waals surface area contributed by atoms with E-state index in [2.05, 4.69) is 9.97 Å². The van der Waals surface area contributed by atoms with Crippen LogP contribution in [-0.4, -0.2) is 34.9 Å². The van der Waals surface area contributed by atoms with Crippen molar-refractivity contribution in [1.82, 2.24) is 14.9 Å². The Kier molecular flexibility index (Phi) is 4.65. The summed E-state index contributed by atoms with van der Waals surface area (Å²) in [5.74, 6) is -0.00335. The molecule has 0 fully saturated rings. The van der Waals surface area contributed by atoms with Crippen LogP contribution in [0.3, 0.4) is 0 Å². The van der Waals surface area contributed by atoms with Crippen LogP contribution in [0.25, 0.3) is 0 Å². The van der Waals surface area contributed by atoms with E-state index in [-0.39, 0.29) is 12.0 Å². The maximum absolute atomic E-state index is 11.9. The second-order valence-corrected chi connectivity index (χ2v) is 5.46. The Bertz CT molecular complexity index is 721. The summed E-state index contributed by atoms with van der Waals surface area (Å²) in [4.78, 5) is 31.7. The number of aromatic amines is 1. The zero-order chi connectivity index (χ0) is 15.6. The predicted octanol–water partition coefficient (Wildman–Crippen LogP) is 2.37. The highest BCUT2D eigenvalue weighted by Crippen LogP contribution is 2.25. The summed E-state index contributed by atoms with van der Waals surface area (Å²) in [6, 6.07) is 5.17. The van der Waals surface area contributed by atoms with Crippen LogP contribution in [0.15, 0.2) is 29.2 Å². The van der Waals surface area contributed by atoms with Crippen LogP contribution >= 0.6 is 23.2 Å². The lowest BCUT2D eigenvalue weighted by Gasteiger charge is -2.10. The number of halogens is 2. The van der Waals surface area contributed by atoms with Crippen molar-refractivity contribution in [2.24, 2.45) is 0 Å². The van der Waals surface area contributed by atoms with Crippen LogP contribution in [0.5, 0.6) is 0 Å². The molecule has 0 aliphatic heterocycles. The fourth-order valence-electron chi connectivity index (χ4n) is 1.78. The molecule has 1 amide bonds. The SMILES string of the molecule is CN(C)C(=O)c1cnc(Cc2c(Cl)cccc2Cl)[nH]c1=O. The Hall–Kier alpha value is -1.85. The number of carbonyl (C=O) groups is 1. The van der Waals surface area contributed by atoms with Crippen LogP contribution in [0, 0.1) is 0 Å². The van der Waals surface area contributed by atoms with Crippen LogP contribution in [0.1, 0.15) is 21.7 Å². The lowest BCUT2D eigenvalue weighted by molar-refractivity contribution is 0.0825. The number of nitrogens with zero attached hydrogens (tertiary/aromatic N) is 2. The first-order valence-electron chi connectivity index (χ1n) is 6.13. The Balaban J connectivity index is 2.34. The second kappa shape index (κ2) is 6.28. The van der Waals surface area contributed by atoms with E-state index in [0.717, 1.165) is 0 Å². The van der Waals surface area contributed by atoms with E-state index < -0.39 is 11.5 Å². The average Bonchev–Trinajstić information content (AvgIpc) is 2.42. The monoisotopic (exact) mass is 325 g/mol. The molecule has 0 unspecified atom stereocenters. The smallest absolute Gasteiger partial charge is 0.263 e. The summed E-state index contributed by atoms with van der Waals surface area (Å²) in [5.41, 5.74) is 0.187. The van der Waals surface area contributed by atoms with E-state index in [1.54, 1.807) is 32.3 Å². The normalized spacial score (nSPS) is 10.5. The summed E-state index contributed by atoms with van der Waals surface area (Å²) in [5, 5.41) is 0.997. The molecule has 0 aliphatic rings. The standard InChI is InChI=1S/C14H13Cl2N3O2/c1-19(2)14(21)9-7-17-12(18-13(9)20)6-8-10(15)4-3-5-11(8)16/h3-5,7H,6H2,1-2H3,(H,17,18,20). The molecular weight excluding hydrogens is 313 g/mol. The van der Waals surface area contributed by atoms with Gasteiger partial charge in [-0.2, -0.15) is 0 Å². The van der Waals surface area contributed by atoms with E-state index in [9.17, 15) is 9.59 Å². The average molecular weight is 326 g/mol. The minimum atomic E-state index is -0.484. The van der Waals surface area contributed by atoms with Gasteiger partial charge in [0.25, 0.3) is 11.5 Å². The number of hydrogen-bond acceptors (Lipinski definition) is 3. The highest BCUT2D eigenvalue weighted by molar-refractivity contribution is 6.36. The summed E-state index contributed by atoms with van der Waals surface area (Å²) < 4.78 is 0. The van der Waals surface area contributed by atoms with Gasteiger partial charge in [-0.05, 0) is 17.7 Å². The number of nitrogens with one attached hydrogen (secondary N) is 1. The van der Waals surface area contributed by atoms with E-state index in [1.807, 2.05) is 0 Å². The molecule has 0 atom stereocenters. The fraction of sp³-hybridized carbons (Fsp3) is 0.214. The number of rotatable bonds is 3. The van der Waals surface area contributed by atoms with Gasteiger partial charge >= 0.3 is 0 Å². The van der Waals surface area contributed by atoms with Crippen molar-refractivity contribution >= 4 is 29.1 Å². The van der Waals surface area contributed by atoms with Crippen molar-refractivity contribution in [1.29, 1.82) is 0 Å². The number of benzene rings is 1. The molecule has 1 heterocycles. The van der Waals surface area contributed by atoms with Crippen LogP contribution in [-0.2, 0) is 6.42 Å². The zero-order valence-corrected chi connectivity index (χ0v) is 13.0. The Morgan fingerprint density at radius 1 is 1.29 bits per heavy atom. The summed E-state index contributed by atoms with van der Waals surface area (Å²) in [6.45, 7) is 0. The molecule has 1 N–H and O–H groups in total. The number of H-pyrrole nitrogens is 1. The highest BCUT2D eigenvalue weighted by Gasteiger charge is 2.14. The van der Waals surface area contributed by atoms with Gasteiger partial charge in [0, 0.05) is 36.8 Å². The molecule has 21 heavy (non-hydrogen) atoms. The van der Waals surface area contributed by atoms with Crippen LogP contribution < -0.4 is 5.56 Å². The summed E-state index contributed by atoms with van der Waals surface area (Å²) in [7, 11) is 3.14. The van der Waals surface area contributed by atoms with Crippen LogP contribution in [0.4, 0.5) is 0 Å². The van der Waals surface area contributed by atoms with Gasteiger partial charge in [-0.1, -0.05) is 29.3 Å². The van der Waals surface area contributed by atoms with Gasteiger partial charge in [0.15, 0.2) is 0 Å². The van der Waals surface area contributed by atoms with E-state index in [0.29, 0.717) is 21.4 Å². The van der Waals surface area contributed by atoms with Crippen molar-refractivity contribution in [3.05, 3.63) is 61.7 Å². The quantitative estimate of drug-likeness (QED) is 0.942. The molecule has 110 valence electrons. The molecule has 0 radical (unpaired) electrons. The van der Waals surface area contributed by atoms with Crippen LogP contribution in [0.2, 0.25) is 10.0 Å². The molecule has 7 heteroatoms. The van der Waals surface area contributed by atoms with Crippen molar-refractivity contribution in [3.63, 3.8) is 0 Å². The van der Waals surface area contributed by atoms with Gasteiger partial charge < -0.3 is 9.88 Å². The molecule has 0 saturated carbocycles. The van der Waals surface area contributed by atoms with Crippen molar-refractivity contribution in [3.8, 4) is 0 Å². The minimum absolute atomic E-state index is 0.00555. The summed E-state index contributed by atoms with van der Waals surface area (Å²) in [6.07, 6.45) is 1.55. The van der Waals surface area contributed by atoms with E-state index >= 15 is 0 Å².